The average Bonchev–Trinajstić information content (AvgIpc) is 3.37. The molecule has 3 aromatic carbocycles. The fraction of sp³-hybridized carbons (Fsp3) is 0.310. The monoisotopic (exact) mass is 469 g/mol. The number of aliphatic carboxylic acids is 1. The number of carbonyl (C=O) groups is 2. The van der Waals surface area contributed by atoms with E-state index in [9.17, 15) is 14.7 Å². The maximum absolute atomic E-state index is 14.0. The van der Waals surface area contributed by atoms with Crippen LogP contribution in [0.2, 0.25) is 0 Å². The molecule has 2 heterocycles. The van der Waals surface area contributed by atoms with Crippen LogP contribution in [0.25, 0.3) is 0 Å². The van der Waals surface area contributed by atoms with Crippen LogP contribution >= 0.6 is 0 Å². The van der Waals surface area contributed by atoms with Crippen molar-refractivity contribution in [2.24, 2.45) is 0 Å². The van der Waals surface area contributed by atoms with E-state index in [0.29, 0.717) is 13.0 Å². The van der Waals surface area contributed by atoms with Gasteiger partial charge in [0.05, 0.1) is 5.92 Å². The summed E-state index contributed by atoms with van der Waals surface area (Å²) in [7, 11) is 0. The third kappa shape index (κ3) is 4.93. The third-order valence-corrected chi connectivity index (χ3v) is 7.31. The topological polar surface area (TPSA) is 64.1 Å². The first-order valence-electron chi connectivity index (χ1n) is 12.3. The summed E-state index contributed by atoms with van der Waals surface area (Å²) in [6.45, 7) is 3.94. The highest BCUT2D eigenvalue weighted by atomic mass is 16.4. The van der Waals surface area contributed by atoms with Crippen LogP contribution in [0.4, 0.5) is 5.69 Å². The number of carbonyl (C=O) groups excluding carboxylic acids is 1. The molecule has 5 rings (SSSR count). The van der Waals surface area contributed by atoms with Gasteiger partial charge in [0.15, 0.2) is 0 Å². The van der Waals surface area contributed by atoms with Crippen molar-refractivity contribution < 1.29 is 14.7 Å². The number of hydrogen-bond acceptors (Lipinski definition) is 4. The maximum atomic E-state index is 14.0. The first kappa shape index (κ1) is 23.1. The van der Waals surface area contributed by atoms with Crippen LogP contribution in [0.3, 0.4) is 0 Å². The fourth-order valence-corrected chi connectivity index (χ4v) is 5.47. The van der Waals surface area contributed by atoms with E-state index in [1.165, 1.54) is 5.69 Å². The summed E-state index contributed by atoms with van der Waals surface area (Å²) >= 11 is 0. The number of anilines is 1. The number of rotatable bonds is 6. The minimum atomic E-state index is -0.927. The molecule has 6 heteroatoms. The maximum Gasteiger partial charge on any atom is 0.326 e. The normalized spacial score (nSPS) is 20.8. The van der Waals surface area contributed by atoms with Crippen LogP contribution in [-0.4, -0.2) is 71.6 Å². The standard InChI is InChI=1S/C29H31N3O3/c33-28(27(22-10-4-1-5-11-22)23-12-6-2-7-13-23)32-21-25(20-26(32)29(34)35)31-18-16-30(17-19-31)24-14-8-3-9-15-24/h1-15,25-27H,16-21H2,(H,34,35)/t25-,26-/m0/s1. The number of amides is 1. The Kier molecular flexibility index (Phi) is 6.82. The number of nitrogens with zero attached hydrogens (tertiary/aromatic N) is 3. The first-order chi connectivity index (χ1) is 17.1. The third-order valence-electron chi connectivity index (χ3n) is 7.31. The molecule has 2 fully saturated rings. The zero-order chi connectivity index (χ0) is 24.2. The number of carboxylic acids is 1. The molecule has 0 radical (unpaired) electrons. The molecule has 1 N–H and O–H groups in total. The van der Waals surface area contributed by atoms with E-state index in [-0.39, 0.29) is 11.9 Å². The molecule has 0 aromatic heterocycles. The van der Waals surface area contributed by atoms with E-state index in [1.807, 2.05) is 66.7 Å². The van der Waals surface area contributed by atoms with Crippen LogP contribution in [0.15, 0.2) is 91.0 Å². The fourth-order valence-electron chi connectivity index (χ4n) is 5.47. The van der Waals surface area contributed by atoms with Crippen molar-refractivity contribution in [3.05, 3.63) is 102 Å². The van der Waals surface area contributed by atoms with Gasteiger partial charge < -0.3 is 14.9 Å². The summed E-state index contributed by atoms with van der Waals surface area (Å²) in [5.41, 5.74) is 2.98. The Morgan fingerprint density at radius 1 is 0.743 bits per heavy atom. The zero-order valence-electron chi connectivity index (χ0n) is 19.7. The molecule has 6 nitrogen and oxygen atoms in total. The van der Waals surface area contributed by atoms with Gasteiger partial charge in [0.1, 0.15) is 6.04 Å². The summed E-state index contributed by atoms with van der Waals surface area (Å²) < 4.78 is 0. The molecule has 0 unspecified atom stereocenters. The van der Waals surface area contributed by atoms with Crippen molar-refractivity contribution in [3.8, 4) is 0 Å². The second kappa shape index (κ2) is 10.3. The van der Waals surface area contributed by atoms with Gasteiger partial charge in [-0.25, -0.2) is 4.79 Å². The first-order valence-corrected chi connectivity index (χ1v) is 12.3. The number of benzene rings is 3. The highest BCUT2D eigenvalue weighted by molar-refractivity contribution is 5.91. The van der Waals surface area contributed by atoms with Gasteiger partial charge >= 0.3 is 5.97 Å². The van der Waals surface area contributed by atoms with E-state index >= 15 is 0 Å². The highest BCUT2D eigenvalue weighted by Crippen LogP contribution is 2.32. The number of likely N-dealkylation sites (tertiary alicyclic amines) is 1. The van der Waals surface area contributed by atoms with E-state index in [1.54, 1.807) is 4.90 Å². The van der Waals surface area contributed by atoms with Gasteiger partial charge in [-0.2, -0.15) is 0 Å². The number of hydrogen-bond donors (Lipinski definition) is 1. The van der Waals surface area contributed by atoms with Crippen LogP contribution in [0.5, 0.6) is 0 Å². The largest absolute Gasteiger partial charge is 0.480 e. The predicted molar refractivity (Wildman–Crippen MR) is 136 cm³/mol. The van der Waals surface area contributed by atoms with Gasteiger partial charge in [0.2, 0.25) is 5.91 Å². The van der Waals surface area contributed by atoms with Crippen LogP contribution in [0, 0.1) is 0 Å². The molecule has 0 saturated carbocycles. The lowest BCUT2D eigenvalue weighted by atomic mass is 9.90. The number of carboxylic acid groups (broad SMARTS) is 1. The van der Waals surface area contributed by atoms with Gasteiger partial charge in [-0.3, -0.25) is 9.69 Å². The summed E-state index contributed by atoms with van der Waals surface area (Å²) in [5.74, 6) is -1.59. The second-order valence-corrected chi connectivity index (χ2v) is 9.35. The highest BCUT2D eigenvalue weighted by Gasteiger charge is 2.44. The van der Waals surface area contributed by atoms with Crippen molar-refractivity contribution in [1.29, 1.82) is 0 Å². The molecule has 3 aromatic rings. The van der Waals surface area contributed by atoms with E-state index < -0.39 is 17.9 Å². The van der Waals surface area contributed by atoms with Gasteiger partial charge in [-0.15, -0.1) is 0 Å². The minimum Gasteiger partial charge on any atom is -0.480 e. The van der Waals surface area contributed by atoms with Crippen molar-refractivity contribution in [3.63, 3.8) is 0 Å². The molecule has 2 saturated heterocycles. The molecular weight excluding hydrogens is 438 g/mol. The van der Waals surface area contributed by atoms with Crippen LogP contribution in [0.1, 0.15) is 23.5 Å². The smallest absolute Gasteiger partial charge is 0.326 e. The summed E-state index contributed by atoms with van der Waals surface area (Å²) in [6, 6.07) is 28.9. The molecule has 0 bridgehead atoms. The Labute approximate surface area is 206 Å². The Morgan fingerprint density at radius 2 is 1.26 bits per heavy atom. The lowest BCUT2D eigenvalue weighted by Gasteiger charge is -2.39. The van der Waals surface area contributed by atoms with E-state index in [0.717, 1.165) is 37.3 Å². The lowest BCUT2D eigenvalue weighted by molar-refractivity contribution is -0.148. The summed E-state index contributed by atoms with van der Waals surface area (Å²) in [4.78, 5) is 32.6. The average molecular weight is 470 g/mol. The van der Waals surface area contributed by atoms with Crippen molar-refractivity contribution in [2.75, 3.05) is 37.6 Å². The molecule has 35 heavy (non-hydrogen) atoms. The van der Waals surface area contributed by atoms with Crippen molar-refractivity contribution >= 4 is 17.6 Å². The number of para-hydroxylation sites is 1. The van der Waals surface area contributed by atoms with E-state index in [2.05, 4.69) is 34.1 Å². The Hall–Kier alpha value is -3.64. The Morgan fingerprint density at radius 3 is 1.77 bits per heavy atom. The second-order valence-electron chi connectivity index (χ2n) is 9.35. The SMILES string of the molecule is O=C(O)[C@@H]1C[C@H](N2CCN(c3ccccc3)CC2)CN1C(=O)C(c1ccccc1)c1ccccc1. The molecular formula is C29H31N3O3. The quantitative estimate of drug-likeness (QED) is 0.597. The van der Waals surface area contributed by atoms with Gasteiger partial charge in [0, 0.05) is 44.5 Å². The molecule has 0 aliphatic carbocycles. The lowest BCUT2D eigenvalue weighted by Crippen LogP contribution is -2.51. The molecule has 2 aliphatic heterocycles. The van der Waals surface area contributed by atoms with E-state index in [4.69, 9.17) is 0 Å². The molecule has 2 aliphatic rings. The minimum absolute atomic E-state index is 0.0465. The Bertz CT molecular complexity index is 1090. The molecule has 180 valence electrons. The summed E-state index contributed by atoms with van der Waals surface area (Å²) in [5, 5.41) is 10.0. The van der Waals surface area contributed by atoms with Crippen LogP contribution in [-0.2, 0) is 9.59 Å². The van der Waals surface area contributed by atoms with Gasteiger partial charge in [-0.05, 0) is 29.7 Å². The van der Waals surface area contributed by atoms with Crippen LogP contribution < -0.4 is 4.90 Å². The molecule has 2 atom stereocenters. The van der Waals surface area contributed by atoms with Gasteiger partial charge in [0.25, 0.3) is 0 Å². The predicted octanol–water partition coefficient (Wildman–Crippen LogP) is 3.69. The van der Waals surface area contributed by atoms with Gasteiger partial charge in [-0.1, -0.05) is 78.9 Å². The Balaban J connectivity index is 1.34. The van der Waals surface area contributed by atoms with Crippen molar-refractivity contribution in [2.45, 2.75) is 24.4 Å². The zero-order valence-corrected chi connectivity index (χ0v) is 19.7. The van der Waals surface area contributed by atoms with Crippen molar-refractivity contribution in [1.82, 2.24) is 9.80 Å². The number of piperazine rings is 1. The summed E-state index contributed by atoms with van der Waals surface area (Å²) in [6.07, 6.45) is 0.461. The molecule has 1 amide bonds. The molecule has 0 spiro atoms.